The Morgan fingerprint density at radius 2 is 2.00 bits per heavy atom. The number of hydrogen-bond donors (Lipinski definition) is 2. The number of nitro groups is 1. The van der Waals surface area contributed by atoms with E-state index in [-0.39, 0.29) is 18.4 Å². The van der Waals surface area contributed by atoms with Crippen LogP contribution in [0.15, 0.2) is 18.2 Å². The van der Waals surface area contributed by atoms with Crippen LogP contribution in [0.1, 0.15) is 23.2 Å². The second kappa shape index (κ2) is 4.36. The normalized spacial score (nSPS) is 16.6. The fraction of sp³-hybridized carbons (Fsp3) is 0.364. The number of carbonyl (C=O) groups excluding carboxylic acids is 1. The SMILES string of the molecule is Nc1c(C(=O)NC2(C(F)(F)F)CC2)cccc1[N+](=O)[O-]. The summed E-state index contributed by atoms with van der Waals surface area (Å²) in [7, 11) is 0. The number of amides is 1. The zero-order valence-electron chi connectivity index (χ0n) is 10.0. The van der Waals surface area contributed by atoms with Crippen molar-refractivity contribution in [3.05, 3.63) is 33.9 Å². The van der Waals surface area contributed by atoms with E-state index >= 15 is 0 Å². The third-order valence-electron chi connectivity index (χ3n) is 3.17. The number of hydrogen-bond acceptors (Lipinski definition) is 4. The van der Waals surface area contributed by atoms with Gasteiger partial charge in [0.2, 0.25) is 0 Å². The summed E-state index contributed by atoms with van der Waals surface area (Å²) in [5.74, 6) is -1.07. The summed E-state index contributed by atoms with van der Waals surface area (Å²) in [5.41, 5.74) is 1.91. The van der Waals surface area contributed by atoms with Crippen molar-refractivity contribution in [2.75, 3.05) is 5.73 Å². The molecule has 0 spiro atoms. The topological polar surface area (TPSA) is 98.3 Å². The smallest absolute Gasteiger partial charge is 0.393 e. The highest BCUT2D eigenvalue weighted by Crippen LogP contribution is 2.49. The lowest BCUT2D eigenvalue weighted by atomic mass is 10.1. The van der Waals surface area contributed by atoms with Crippen molar-refractivity contribution >= 4 is 17.3 Å². The molecule has 3 N–H and O–H groups in total. The Kier molecular flexibility index (Phi) is 3.07. The van der Waals surface area contributed by atoms with Crippen molar-refractivity contribution in [1.29, 1.82) is 0 Å². The molecular weight excluding hydrogens is 279 g/mol. The maximum Gasteiger partial charge on any atom is 0.411 e. The minimum atomic E-state index is -4.56. The summed E-state index contributed by atoms with van der Waals surface area (Å²) < 4.78 is 38.2. The molecule has 1 amide bonds. The highest BCUT2D eigenvalue weighted by atomic mass is 19.4. The summed E-state index contributed by atoms with van der Waals surface area (Å²) in [6, 6.07) is 3.41. The van der Waals surface area contributed by atoms with Gasteiger partial charge in [0.1, 0.15) is 11.2 Å². The lowest BCUT2D eigenvalue weighted by molar-refractivity contribution is -0.383. The fourth-order valence-corrected chi connectivity index (χ4v) is 1.80. The van der Waals surface area contributed by atoms with Crippen LogP contribution in [-0.4, -0.2) is 22.5 Å². The van der Waals surface area contributed by atoms with Gasteiger partial charge in [-0.3, -0.25) is 14.9 Å². The largest absolute Gasteiger partial charge is 0.411 e. The molecule has 108 valence electrons. The third kappa shape index (κ3) is 2.26. The van der Waals surface area contributed by atoms with Crippen molar-refractivity contribution in [2.24, 2.45) is 0 Å². The van der Waals surface area contributed by atoms with Crippen LogP contribution < -0.4 is 11.1 Å². The van der Waals surface area contributed by atoms with E-state index in [0.717, 1.165) is 12.1 Å². The van der Waals surface area contributed by atoms with E-state index in [9.17, 15) is 28.1 Å². The molecule has 0 unspecified atom stereocenters. The number of carbonyl (C=O) groups is 1. The van der Waals surface area contributed by atoms with Crippen LogP contribution in [0.3, 0.4) is 0 Å². The van der Waals surface area contributed by atoms with Crippen LogP contribution in [0.4, 0.5) is 24.5 Å². The first-order chi connectivity index (χ1) is 9.18. The zero-order valence-corrected chi connectivity index (χ0v) is 10.0. The average Bonchev–Trinajstić information content (AvgIpc) is 3.09. The number of nitrogens with two attached hydrogens (primary N) is 1. The van der Waals surface area contributed by atoms with Crippen molar-refractivity contribution in [3.63, 3.8) is 0 Å². The van der Waals surface area contributed by atoms with Crippen LogP contribution >= 0.6 is 0 Å². The van der Waals surface area contributed by atoms with E-state index in [1.165, 1.54) is 6.07 Å². The van der Waals surface area contributed by atoms with Gasteiger partial charge in [-0.15, -0.1) is 0 Å². The van der Waals surface area contributed by atoms with E-state index in [1.807, 2.05) is 5.32 Å². The van der Waals surface area contributed by atoms with Gasteiger partial charge in [0, 0.05) is 6.07 Å². The third-order valence-corrected chi connectivity index (χ3v) is 3.17. The van der Waals surface area contributed by atoms with Gasteiger partial charge in [0.25, 0.3) is 11.6 Å². The molecule has 0 saturated heterocycles. The molecule has 1 aromatic carbocycles. The summed E-state index contributed by atoms with van der Waals surface area (Å²) in [5, 5.41) is 12.5. The summed E-state index contributed by atoms with van der Waals surface area (Å²) in [6.07, 6.45) is -4.98. The molecule has 0 aliphatic heterocycles. The molecule has 2 rings (SSSR count). The molecule has 9 heteroatoms. The molecule has 1 aromatic rings. The fourth-order valence-electron chi connectivity index (χ4n) is 1.80. The highest BCUT2D eigenvalue weighted by Gasteiger charge is 2.64. The minimum Gasteiger partial charge on any atom is -0.393 e. The number of rotatable bonds is 3. The highest BCUT2D eigenvalue weighted by molar-refractivity contribution is 6.01. The molecule has 0 aromatic heterocycles. The maximum atomic E-state index is 12.7. The molecule has 1 saturated carbocycles. The predicted molar refractivity (Wildman–Crippen MR) is 63.0 cm³/mol. The number of nitrogen functional groups attached to an aromatic ring is 1. The van der Waals surface area contributed by atoms with Gasteiger partial charge in [-0.2, -0.15) is 13.2 Å². The first-order valence-corrected chi connectivity index (χ1v) is 5.60. The number of nitrogens with zero attached hydrogens (tertiary/aromatic N) is 1. The number of para-hydroxylation sites is 1. The molecule has 0 heterocycles. The first-order valence-electron chi connectivity index (χ1n) is 5.60. The van der Waals surface area contributed by atoms with Crippen molar-refractivity contribution in [3.8, 4) is 0 Å². The van der Waals surface area contributed by atoms with E-state index in [0.29, 0.717) is 0 Å². The van der Waals surface area contributed by atoms with E-state index < -0.39 is 33.9 Å². The van der Waals surface area contributed by atoms with E-state index in [4.69, 9.17) is 5.73 Å². The Morgan fingerprint density at radius 1 is 1.40 bits per heavy atom. The van der Waals surface area contributed by atoms with Crippen molar-refractivity contribution in [1.82, 2.24) is 5.32 Å². The molecule has 1 fully saturated rings. The molecule has 0 radical (unpaired) electrons. The summed E-state index contributed by atoms with van der Waals surface area (Å²) in [6.45, 7) is 0. The molecule has 0 atom stereocenters. The molecule has 20 heavy (non-hydrogen) atoms. The number of alkyl halides is 3. The quantitative estimate of drug-likeness (QED) is 0.505. The number of halogens is 3. The van der Waals surface area contributed by atoms with Crippen molar-refractivity contribution in [2.45, 2.75) is 24.6 Å². The van der Waals surface area contributed by atoms with Crippen molar-refractivity contribution < 1.29 is 22.9 Å². The minimum absolute atomic E-state index is 0.211. The Morgan fingerprint density at radius 3 is 2.45 bits per heavy atom. The van der Waals surface area contributed by atoms with Gasteiger partial charge in [0.05, 0.1) is 10.5 Å². The molecule has 0 bridgehead atoms. The van der Waals surface area contributed by atoms with Crippen LogP contribution in [0, 0.1) is 10.1 Å². The summed E-state index contributed by atoms with van der Waals surface area (Å²) in [4.78, 5) is 21.7. The van der Waals surface area contributed by atoms with Gasteiger partial charge in [-0.05, 0) is 18.9 Å². The molecule has 1 aliphatic rings. The van der Waals surface area contributed by atoms with Gasteiger partial charge in [0.15, 0.2) is 0 Å². The Hall–Kier alpha value is -2.32. The standard InChI is InChI=1S/C11H10F3N3O3/c12-11(13,14)10(4-5-10)16-9(18)6-2-1-3-7(8(6)15)17(19)20/h1-3H,4-5,15H2,(H,16,18). The monoisotopic (exact) mass is 289 g/mol. The second-order valence-electron chi connectivity index (χ2n) is 4.53. The van der Waals surface area contributed by atoms with E-state index in [2.05, 4.69) is 0 Å². The van der Waals surface area contributed by atoms with Crippen LogP contribution in [0.5, 0.6) is 0 Å². The molecule has 1 aliphatic carbocycles. The number of nitrogens with one attached hydrogen (secondary N) is 1. The predicted octanol–water partition coefficient (Wildman–Crippen LogP) is 2.00. The van der Waals surface area contributed by atoms with Gasteiger partial charge < -0.3 is 11.1 Å². The maximum absolute atomic E-state index is 12.7. The average molecular weight is 289 g/mol. The summed E-state index contributed by atoms with van der Waals surface area (Å²) >= 11 is 0. The Labute approximate surface area is 110 Å². The lowest BCUT2D eigenvalue weighted by Crippen LogP contribution is -2.48. The van der Waals surface area contributed by atoms with Crippen LogP contribution in [0.2, 0.25) is 0 Å². The van der Waals surface area contributed by atoms with Gasteiger partial charge in [-0.25, -0.2) is 0 Å². The Bertz CT molecular complexity index is 582. The number of anilines is 1. The number of nitro benzene ring substituents is 1. The molecule has 6 nitrogen and oxygen atoms in total. The Balaban J connectivity index is 2.28. The first kappa shape index (κ1) is 14.1. The van der Waals surface area contributed by atoms with Crippen LogP contribution in [-0.2, 0) is 0 Å². The van der Waals surface area contributed by atoms with E-state index in [1.54, 1.807) is 0 Å². The molecular formula is C11H10F3N3O3. The second-order valence-corrected chi connectivity index (χ2v) is 4.53. The van der Waals surface area contributed by atoms with Gasteiger partial charge in [-0.1, -0.05) is 6.07 Å². The van der Waals surface area contributed by atoms with Gasteiger partial charge >= 0.3 is 6.18 Å². The van der Waals surface area contributed by atoms with Crippen LogP contribution in [0.25, 0.3) is 0 Å². The number of benzene rings is 1. The lowest BCUT2D eigenvalue weighted by Gasteiger charge is -2.21. The zero-order chi connectivity index (χ0) is 15.1.